The van der Waals surface area contributed by atoms with Crippen LogP contribution in [0.2, 0.25) is 0 Å². The van der Waals surface area contributed by atoms with Gasteiger partial charge in [0, 0.05) is 18.4 Å². The van der Waals surface area contributed by atoms with Crippen molar-refractivity contribution in [3.05, 3.63) is 36.1 Å². The molecule has 0 saturated carbocycles. The van der Waals surface area contributed by atoms with Gasteiger partial charge in [-0.2, -0.15) is 0 Å². The highest BCUT2D eigenvalue weighted by molar-refractivity contribution is 5.82. The molecule has 0 aliphatic carbocycles. The summed E-state index contributed by atoms with van der Waals surface area (Å²) in [6.45, 7) is 7.44. The van der Waals surface area contributed by atoms with E-state index < -0.39 is 0 Å². The molecule has 1 spiro atoms. The Morgan fingerprint density at radius 2 is 2.12 bits per heavy atom. The van der Waals surface area contributed by atoms with Crippen LogP contribution in [0.1, 0.15) is 45.6 Å². The van der Waals surface area contributed by atoms with Crippen LogP contribution in [0, 0.1) is 5.41 Å². The average Bonchev–Trinajstić information content (AvgIpc) is 2.96. The lowest BCUT2D eigenvalue weighted by molar-refractivity contribution is -0.146. The number of methoxy groups -OCH3 is 1. The molecule has 0 bridgehead atoms. The van der Waals surface area contributed by atoms with Crippen LogP contribution >= 0.6 is 0 Å². The molecule has 0 N–H and O–H groups in total. The Labute approximate surface area is 144 Å². The number of hydrogen-bond donors (Lipinski definition) is 0. The van der Waals surface area contributed by atoms with E-state index in [0.717, 1.165) is 37.1 Å². The normalized spacial score (nSPS) is 23.8. The van der Waals surface area contributed by atoms with Crippen molar-refractivity contribution in [2.45, 2.75) is 45.6 Å². The summed E-state index contributed by atoms with van der Waals surface area (Å²) < 4.78 is 11.4. The van der Waals surface area contributed by atoms with E-state index in [0.29, 0.717) is 6.54 Å². The van der Waals surface area contributed by atoms with Crippen LogP contribution in [0.4, 0.5) is 0 Å². The Morgan fingerprint density at radius 1 is 1.33 bits per heavy atom. The molecule has 3 rings (SSSR count). The number of nitrogens with zero attached hydrogens (tertiary/aromatic N) is 1. The Kier molecular flexibility index (Phi) is 4.33. The number of ether oxygens (including phenoxy) is 2. The van der Waals surface area contributed by atoms with Crippen LogP contribution in [0.3, 0.4) is 0 Å². The minimum atomic E-state index is -0.347. The number of carbonyl (C=O) groups is 1. The van der Waals surface area contributed by atoms with Gasteiger partial charge < -0.3 is 14.4 Å². The zero-order valence-electron chi connectivity index (χ0n) is 15.1. The Balaban J connectivity index is 1.73. The van der Waals surface area contributed by atoms with Crippen LogP contribution in [0.5, 0.6) is 5.75 Å². The first-order valence-corrected chi connectivity index (χ1v) is 8.64. The quantitative estimate of drug-likeness (QED) is 0.827. The number of amides is 1. The van der Waals surface area contributed by atoms with Crippen molar-refractivity contribution < 1.29 is 14.3 Å². The maximum Gasteiger partial charge on any atom is 0.228 e. The molecule has 1 saturated heterocycles. The van der Waals surface area contributed by atoms with E-state index in [-0.39, 0.29) is 16.9 Å². The molecule has 1 unspecified atom stereocenters. The molecule has 2 aliphatic rings. The zero-order chi connectivity index (χ0) is 17.4. The molecule has 130 valence electrons. The maximum absolute atomic E-state index is 12.6. The summed E-state index contributed by atoms with van der Waals surface area (Å²) in [5.74, 6) is 1.06. The minimum absolute atomic E-state index is 0.208. The smallest absolute Gasteiger partial charge is 0.228 e. The summed E-state index contributed by atoms with van der Waals surface area (Å²) in [5, 5.41) is 0. The standard InChI is InChI=1S/C20H27NO3/c1-19(2,3)18(22)21-10-6-9-20(14-21)12-16(13-24-20)15-7-5-8-17(11-15)23-4/h5,7-8,11,13H,6,9-10,12,14H2,1-4H3. The van der Waals surface area contributed by atoms with Gasteiger partial charge >= 0.3 is 0 Å². The van der Waals surface area contributed by atoms with Gasteiger partial charge in [0.05, 0.1) is 19.9 Å². The fraction of sp³-hybridized carbons (Fsp3) is 0.550. The minimum Gasteiger partial charge on any atom is -0.497 e. The first-order valence-electron chi connectivity index (χ1n) is 8.64. The summed E-state index contributed by atoms with van der Waals surface area (Å²) in [6.07, 6.45) is 4.69. The molecule has 4 heteroatoms. The molecule has 1 aromatic carbocycles. The van der Waals surface area contributed by atoms with Crippen molar-refractivity contribution in [1.29, 1.82) is 0 Å². The van der Waals surface area contributed by atoms with Crippen molar-refractivity contribution in [2.75, 3.05) is 20.2 Å². The van der Waals surface area contributed by atoms with Crippen molar-refractivity contribution >= 4 is 11.5 Å². The van der Waals surface area contributed by atoms with Gasteiger partial charge in [-0.05, 0) is 36.1 Å². The molecular weight excluding hydrogens is 302 g/mol. The second-order valence-electron chi connectivity index (χ2n) is 7.93. The second-order valence-corrected chi connectivity index (χ2v) is 7.93. The Morgan fingerprint density at radius 3 is 2.83 bits per heavy atom. The third kappa shape index (κ3) is 3.28. The number of carbonyl (C=O) groups excluding carboxylic acids is 1. The molecule has 0 radical (unpaired) electrons. The van der Waals surface area contributed by atoms with Gasteiger partial charge in [0.1, 0.15) is 11.4 Å². The molecule has 1 atom stereocenters. The van der Waals surface area contributed by atoms with Gasteiger partial charge in [-0.1, -0.05) is 32.9 Å². The predicted octanol–water partition coefficient (Wildman–Crippen LogP) is 3.86. The Bertz CT molecular complexity index is 659. The molecule has 24 heavy (non-hydrogen) atoms. The molecule has 2 aliphatic heterocycles. The molecular formula is C20H27NO3. The fourth-order valence-electron chi connectivity index (χ4n) is 3.61. The highest BCUT2D eigenvalue weighted by Crippen LogP contribution is 2.41. The summed E-state index contributed by atoms with van der Waals surface area (Å²) in [5.41, 5.74) is 1.70. The molecule has 1 aromatic rings. The van der Waals surface area contributed by atoms with Gasteiger partial charge in [-0.3, -0.25) is 4.79 Å². The number of rotatable bonds is 2. The van der Waals surface area contributed by atoms with Crippen LogP contribution < -0.4 is 4.74 Å². The van der Waals surface area contributed by atoms with Gasteiger partial charge in [-0.25, -0.2) is 0 Å². The van der Waals surface area contributed by atoms with Gasteiger partial charge in [0.25, 0.3) is 0 Å². The maximum atomic E-state index is 12.6. The van der Waals surface area contributed by atoms with E-state index in [1.165, 1.54) is 5.57 Å². The third-order valence-corrected chi connectivity index (χ3v) is 4.87. The van der Waals surface area contributed by atoms with Crippen molar-refractivity contribution in [3.8, 4) is 5.75 Å². The molecule has 2 heterocycles. The number of benzene rings is 1. The first-order chi connectivity index (χ1) is 11.3. The fourth-order valence-corrected chi connectivity index (χ4v) is 3.61. The lowest BCUT2D eigenvalue weighted by Gasteiger charge is -2.42. The van der Waals surface area contributed by atoms with E-state index in [1.807, 2.05) is 50.1 Å². The van der Waals surface area contributed by atoms with Gasteiger partial charge in [-0.15, -0.1) is 0 Å². The number of piperidine rings is 1. The molecule has 1 fully saturated rings. The van der Waals surface area contributed by atoms with E-state index >= 15 is 0 Å². The molecule has 4 nitrogen and oxygen atoms in total. The summed E-state index contributed by atoms with van der Waals surface area (Å²) in [4.78, 5) is 14.6. The van der Waals surface area contributed by atoms with Crippen LogP contribution in [0.15, 0.2) is 30.5 Å². The number of likely N-dealkylation sites (tertiary alicyclic amines) is 1. The summed E-state index contributed by atoms with van der Waals surface area (Å²) in [7, 11) is 1.68. The van der Waals surface area contributed by atoms with Gasteiger partial charge in [0.2, 0.25) is 5.91 Å². The van der Waals surface area contributed by atoms with Crippen molar-refractivity contribution in [2.24, 2.45) is 5.41 Å². The average molecular weight is 329 g/mol. The summed E-state index contributed by atoms with van der Waals surface area (Å²) in [6, 6.07) is 8.06. The second kappa shape index (κ2) is 6.15. The van der Waals surface area contributed by atoms with E-state index in [1.54, 1.807) is 7.11 Å². The highest BCUT2D eigenvalue weighted by atomic mass is 16.5. The van der Waals surface area contributed by atoms with Crippen molar-refractivity contribution in [1.82, 2.24) is 4.90 Å². The molecule has 0 aromatic heterocycles. The van der Waals surface area contributed by atoms with Crippen LogP contribution in [-0.2, 0) is 9.53 Å². The third-order valence-electron chi connectivity index (χ3n) is 4.87. The first kappa shape index (κ1) is 16.9. The zero-order valence-corrected chi connectivity index (χ0v) is 15.1. The van der Waals surface area contributed by atoms with E-state index in [4.69, 9.17) is 9.47 Å². The largest absolute Gasteiger partial charge is 0.497 e. The van der Waals surface area contributed by atoms with Crippen molar-refractivity contribution in [3.63, 3.8) is 0 Å². The number of hydrogen-bond acceptors (Lipinski definition) is 3. The van der Waals surface area contributed by atoms with Crippen LogP contribution in [0.25, 0.3) is 5.57 Å². The summed E-state index contributed by atoms with van der Waals surface area (Å²) >= 11 is 0. The lowest BCUT2D eigenvalue weighted by atomic mass is 9.84. The topological polar surface area (TPSA) is 38.8 Å². The highest BCUT2D eigenvalue weighted by Gasteiger charge is 2.43. The molecule has 1 amide bonds. The SMILES string of the molecule is COc1cccc(C2=COC3(CCCN(C(=O)C(C)(C)C)C3)C2)c1. The predicted molar refractivity (Wildman–Crippen MR) is 94.7 cm³/mol. The lowest BCUT2D eigenvalue weighted by Crippen LogP contribution is -2.52. The monoisotopic (exact) mass is 329 g/mol. The van der Waals surface area contributed by atoms with E-state index in [2.05, 4.69) is 6.07 Å². The Hall–Kier alpha value is -1.97. The van der Waals surface area contributed by atoms with E-state index in [9.17, 15) is 4.79 Å². The van der Waals surface area contributed by atoms with Gasteiger partial charge in [0.15, 0.2) is 0 Å². The van der Waals surface area contributed by atoms with Crippen LogP contribution in [-0.4, -0.2) is 36.6 Å².